The number of rotatable bonds is 11. The van der Waals surface area contributed by atoms with Gasteiger partial charge in [-0.25, -0.2) is 9.78 Å². The van der Waals surface area contributed by atoms with Crippen molar-refractivity contribution in [1.82, 2.24) is 15.6 Å². The summed E-state index contributed by atoms with van der Waals surface area (Å²) >= 11 is 1.34. The maximum Gasteiger partial charge on any atom is 0.407 e. The van der Waals surface area contributed by atoms with Crippen LogP contribution in [0.5, 0.6) is 0 Å². The molecule has 1 saturated heterocycles. The molecule has 190 valence electrons. The Kier molecular flexibility index (Phi) is 9.40. The number of unbranched alkanes of at least 4 members (excludes halogenated alkanes) is 1. The van der Waals surface area contributed by atoms with E-state index in [2.05, 4.69) is 15.6 Å². The van der Waals surface area contributed by atoms with Gasteiger partial charge in [-0.05, 0) is 49.8 Å². The topological polar surface area (TPSA) is 107 Å². The molecule has 4 rings (SSSR count). The van der Waals surface area contributed by atoms with Crippen LogP contribution in [0.1, 0.15) is 47.5 Å². The van der Waals surface area contributed by atoms with Gasteiger partial charge in [-0.3, -0.25) is 9.59 Å². The van der Waals surface area contributed by atoms with Gasteiger partial charge < -0.3 is 20.1 Å². The largest absolute Gasteiger partial charge is 0.445 e. The van der Waals surface area contributed by atoms with Crippen molar-refractivity contribution in [3.8, 4) is 0 Å². The second kappa shape index (κ2) is 13.1. The molecule has 1 fully saturated rings. The van der Waals surface area contributed by atoms with Crippen molar-refractivity contribution in [3.05, 3.63) is 65.2 Å². The van der Waals surface area contributed by atoms with E-state index in [-0.39, 0.29) is 24.2 Å². The van der Waals surface area contributed by atoms with Gasteiger partial charge in [0.15, 0.2) is 5.01 Å². The van der Waals surface area contributed by atoms with Gasteiger partial charge >= 0.3 is 6.09 Å². The second-order valence-corrected chi connectivity index (χ2v) is 9.84. The Bertz CT molecular complexity index is 1130. The lowest BCUT2D eigenvalue weighted by molar-refractivity contribution is -0.129. The maximum absolute atomic E-state index is 13.3. The summed E-state index contributed by atoms with van der Waals surface area (Å²) in [4.78, 5) is 42.6. The number of Topliss-reactive ketones (excluding diaryl/α,β-unsaturated/α-hetero) is 1. The number of amides is 2. The molecule has 0 saturated carbocycles. The zero-order valence-electron chi connectivity index (χ0n) is 20.1. The molecule has 1 aromatic heterocycles. The highest BCUT2D eigenvalue weighted by Crippen LogP contribution is 2.24. The van der Waals surface area contributed by atoms with E-state index in [1.54, 1.807) is 0 Å². The molecule has 2 heterocycles. The fourth-order valence-electron chi connectivity index (χ4n) is 4.07. The first kappa shape index (κ1) is 25.8. The zero-order valence-corrected chi connectivity index (χ0v) is 20.9. The first-order chi connectivity index (χ1) is 17.6. The Morgan fingerprint density at radius 1 is 1.08 bits per heavy atom. The van der Waals surface area contributed by atoms with E-state index >= 15 is 0 Å². The van der Waals surface area contributed by atoms with Gasteiger partial charge in [-0.1, -0.05) is 42.5 Å². The minimum atomic E-state index is -0.676. The van der Waals surface area contributed by atoms with E-state index < -0.39 is 12.1 Å². The Morgan fingerprint density at radius 3 is 2.67 bits per heavy atom. The maximum atomic E-state index is 13.3. The van der Waals surface area contributed by atoms with Gasteiger partial charge in [0.2, 0.25) is 11.7 Å². The monoisotopic (exact) mass is 509 g/mol. The molecule has 0 radical (unpaired) electrons. The van der Waals surface area contributed by atoms with Gasteiger partial charge in [0.1, 0.15) is 6.61 Å². The van der Waals surface area contributed by atoms with Crippen LogP contribution in [0.2, 0.25) is 0 Å². The molecular formula is C27H31N3O5S. The molecule has 2 amide bonds. The highest BCUT2D eigenvalue weighted by atomic mass is 32.1. The number of carbonyl (C=O) groups excluding carboxylic acids is 3. The molecule has 1 aliphatic rings. The SMILES string of the molecule is O=C(NCCCCC(NC(=O)C1CCCOC1)C(=O)c1nc2ccccc2s1)OCc1ccccc1. The Labute approximate surface area is 214 Å². The summed E-state index contributed by atoms with van der Waals surface area (Å²) in [5, 5.41) is 6.08. The molecule has 2 aromatic carbocycles. The van der Waals surface area contributed by atoms with Gasteiger partial charge in [0.05, 0.1) is 28.8 Å². The predicted octanol–water partition coefficient (Wildman–Crippen LogP) is 4.49. The minimum absolute atomic E-state index is 0.156. The lowest BCUT2D eigenvalue weighted by atomic mass is 9.99. The summed E-state index contributed by atoms with van der Waals surface area (Å²) in [6.07, 6.45) is 2.85. The highest BCUT2D eigenvalue weighted by molar-refractivity contribution is 7.20. The molecule has 8 nitrogen and oxygen atoms in total. The van der Waals surface area contributed by atoms with Gasteiger partial charge in [-0.15, -0.1) is 11.3 Å². The average molecular weight is 510 g/mol. The van der Waals surface area contributed by atoms with Crippen molar-refractivity contribution < 1.29 is 23.9 Å². The Hall–Kier alpha value is -3.30. The number of hydrogen-bond donors (Lipinski definition) is 2. The van der Waals surface area contributed by atoms with E-state index in [1.165, 1.54) is 11.3 Å². The van der Waals surface area contributed by atoms with E-state index in [0.29, 0.717) is 44.0 Å². The first-order valence-electron chi connectivity index (χ1n) is 12.3. The number of alkyl carbamates (subject to hydrolysis) is 1. The fraction of sp³-hybridized carbons (Fsp3) is 0.407. The number of carbonyl (C=O) groups is 3. The van der Waals surface area contributed by atoms with Gasteiger partial charge in [-0.2, -0.15) is 0 Å². The normalized spacial score (nSPS) is 16.3. The number of para-hydroxylation sites is 1. The number of benzene rings is 2. The summed E-state index contributed by atoms with van der Waals surface area (Å²) in [6, 6.07) is 16.4. The van der Waals surface area contributed by atoms with Crippen LogP contribution in [0.15, 0.2) is 54.6 Å². The highest BCUT2D eigenvalue weighted by Gasteiger charge is 2.29. The van der Waals surface area contributed by atoms with E-state index in [1.807, 2.05) is 54.6 Å². The van der Waals surface area contributed by atoms with E-state index in [9.17, 15) is 14.4 Å². The third kappa shape index (κ3) is 7.35. The third-order valence-electron chi connectivity index (χ3n) is 6.07. The number of ketones is 1. The first-order valence-corrected chi connectivity index (χ1v) is 13.1. The van der Waals surface area contributed by atoms with Crippen LogP contribution in [0.3, 0.4) is 0 Å². The van der Waals surface area contributed by atoms with Crippen LogP contribution in [-0.2, 0) is 20.9 Å². The molecular weight excluding hydrogens is 478 g/mol. The van der Waals surface area contributed by atoms with Crippen molar-refractivity contribution in [2.24, 2.45) is 5.92 Å². The quantitative estimate of drug-likeness (QED) is 0.291. The molecule has 1 aliphatic heterocycles. The number of thiazole rings is 1. The van der Waals surface area contributed by atoms with E-state index in [4.69, 9.17) is 9.47 Å². The number of aromatic nitrogens is 1. The molecule has 2 atom stereocenters. The number of fused-ring (bicyclic) bond motifs is 1. The van der Waals surface area contributed by atoms with Crippen LogP contribution in [-0.4, -0.2) is 48.6 Å². The zero-order chi connectivity index (χ0) is 25.2. The van der Waals surface area contributed by atoms with Crippen molar-refractivity contribution >= 4 is 39.3 Å². The van der Waals surface area contributed by atoms with Crippen LogP contribution in [0, 0.1) is 5.92 Å². The van der Waals surface area contributed by atoms with Crippen LogP contribution < -0.4 is 10.6 Å². The van der Waals surface area contributed by atoms with Crippen molar-refractivity contribution in [2.45, 2.75) is 44.8 Å². The van der Waals surface area contributed by atoms with Crippen LogP contribution in [0.4, 0.5) is 4.79 Å². The lowest BCUT2D eigenvalue weighted by Crippen LogP contribution is -2.45. The Balaban J connectivity index is 1.29. The number of nitrogens with zero attached hydrogens (tertiary/aromatic N) is 1. The lowest BCUT2D eigenvalue weighted by Gasteiger charge is -2.24. The van der Waals surface area contributed by atoms with Crippen molar-refractivity contribution in [1.29, 1.82) is 0 Å². The smallest absolute Gasteiger partial charge is 0.407 e. The van der Waals surface area contributed by atoms with Crippen molar-refractivity contribution in [2.75, 3.05) is 19.8 Å². The number of hydrogen-bond acceptors (Lipinski definition) is 7. The molecule has 36 heavy (non-hydrogen) atoms. The second-order valence-electron chi connectivity index (χ2n) is 8.81. The summed E-state index contributed by atoms with van der Waals surface area (Å²) < 4.78 is 11.6. The summed E-state index contributed by atoms with van der Waals surface area (Å²) in [5.41, 5.74) is 1.69. The molecule has 0 spiro atoms. The van der Waals surface area contributed by atoms with Gasteiger partial charge in [0.25, 0.3) is 0 Å². The van der Waals surface area contributed by atoms with Crippen molar-refractivity contribution in [3.63, 3.8) is 0 Å². The third-order valence-corrected chi connectivity index (χ3v) is 7.12. The molecule has 0 aliphatic carbocycles. The van der Waals surface area contributed by atoms with E-state index in [0.717, 1.165) is 28.6 Å². The number of nitrogens with one attached hydrogen (secondary N) is 2. The fourth-order valence-corrected chi connectivity index (χ4v) is 5.03. The number of ether oxygens (including phenoxy) is 2. The molecule has 9 heteroatoms. The van der Waals surface area contributed by atoms with Crippen LogP contribution in [0.25, 0.3) is 10.2 Å². The Morgan fingerprint density at radius 2 is 1.89 bits per heavy atom. The molecule has 2 N–H and O–H groups in total. The predicted molar refractivity (Wildman–Crippen MR) is 138 cm³/mol. The summed E-state index contributed by atoms with van der Waals surface area (Å²) in [6.45, 7) is 1.67. The molecule has 0 bridgehead atoms. The molecule has 2 unspecified atom stereocenters. The summed E-state index contributed by atoms with van der Waals surface area (Å²) in [7, 11) is 0. The average Bonchev–Trinajstić information content (AvgIpc) is 3.36. The summed E-state index contributed by atoms with van der Waals surface area (Å²) in [5.74, 6) is -0.584. The standard InChI is InChI=1S/C27H31N3O5S/c31-24(26-30-21-12-4-5-14-23(21)36-26)22(29-25(32)20-11-8-16-34-18-20)13-6-7-15-28-27(33)35-17-19-9-2-1-3-10-19/h1-5,9-10,12,14,20,22H,6-8,11,13,15-18H2,(H,28,33)(H,29,32). The van der Waals surface area contributed by atoms with Crippen LogP contribution >= 0.6 is 11.3 Å². The van der Waals surface area contributed by atoms with Gasteiger partial charge in [0, 0.05) is 13.2 Å². The molecule has 3 aromatic rings. The minimum Gasteiger partial charge on any atom is -0.445 e.